The third-order valence-corrected chi connectivity index (χ3v) is 3.78. The molecule has 6 heteroatoms. The molecule has 3 heterocycles. The van der Waals surface area contributed by atoms with E-state index in [1.165, 1.54) is 19.4 Å². The van der Waals surface area contributed by atoms with Crippen molar-refractivity contribution in [2.24, 2.45) is 0 Å². The monoisotopic (exact) mass is 275 g/mol. The molecule has 0 radical (unpaired) electrons. The van der Waals surface area contributed by atoms with Crippen molar-refractivity contribution in [3.8, 4) is 0 Å². The summed E-state index contributed by atoms with van der Waals surface area (Å²) in [5.74, 6) is 1.55. The normalized spacial score (nSPS) is 17.0. The average Bonchev–Trinajstić information content (AvgIpc) is 2.85. The van der Waals surface area contributed by atoms with Crippen LogP contribution in [0.1, 0.15) is 25.7 Å². The minimum Gasteiger partial charge on any atom is -0.422 e. The molecular weight excluding hydrogens is 254 g/mol. The van der Waals surface area contributed by atoms with Crippen LogP contribution in [-0.4, -0.2) is 52.6 Å². The van der Waals surface area contributed by atoms with E-state index in [1.807, 2.05) is 6.92 Å². The maximum atomic E-state index is 5.47. The van der Waals surface area contributed by atoms with Crippen LogP contribution in [0, 0.1) is 6.92 Å². The van der Waals surface area contributed by atoms with E-state index < -0.39 is 0 Å². The first-order chi connectivity index (χ1) is 9.78. The van der Waals surface area contributed by atoms with Crippen molar-refractivity contribution in [1.82, 2.24) is 19.9 Å². The summed E-state index contributed by atoms with van der Waals surface area (Å²) in [6, 6.07) is 0. The Morgan fingerprint density at radius 2 is 2.00 bits per heavy atom. The van der Waals surface area contributed by atoms with Gasteiger partial charge in [-0.1, -0.05) is 13.3 Å². The molecule has 0 unspecified atom stereocenters. The first kappa shape index (κ1) is 13.3. The Hall–Kier alpha value is -1.69. The Balaban J connectivity index is 1.73. The summed E-state index contributed by atoms with van der Waals surface area (Å²) in [5.41, 5.74) is 1.37. The van der Waals surface area contributed by atoms with Crippen LogP contribution in [0.2, 0.25) is 0 Å². The first-order valence-corrected chi connectivity index (χ1v) is 7.33. The second-order valence-corrected chi connectivity index (χ2v) is 5.27. The van der Waals surface area contributed by atoms with Gasteiger partial charge in [-0.3, -0.25) is 4.90 Å². The lowest BCUT2D eigenvalue weighted by molar-refractivity contribution is 0.254. The molecule has 20 heavy (non-hydrogen) atoms. The van der Waals surface area contributed by atoms with Crippen molar-refractivity contribution in [2.45, 2.75) is 26.7 Å². The Bertz CT molecular complexity index is 574. The molecule has 2 aromatic rings. The zero-order valence-electron chi connectivity index (χ0n) is 12.2. The Morgan fingerprint density at radius 3 is 2.75 bits per heavy atom. The van der Waals surface area contributed by atoms with Gasteiger partial charge in [0.25, 0.3) is 5.71 Å². The van der Waals surface area contributed by atoms with Crippen LogP contribution < -0.4 is 4.90 Å². The minimum atomic E-state index is 0.584. The molecular formula is C14H21N5O. The summed E-state index contributed by atoms with van der Waals surface area (Å²) < 4.78 is 5.47. The van der Waals surface area contributed by atoms with E-state index in [9.17, 15) is 0 Å². The van der Waals surface area contributed by atoms with Crippen molar-refractivity contribution >= 4 is 17.0 Å². The van der Waals surface area contributed by atoms with Gasteiger partial charge in [0.05, 0.1) is 0 Å². The van der Waals surface area contributed by atoms with Crippen LogP contribution in [0.25, 0.3) is 11.2 Å². The third-order valence-electron chi connectivity index (χ3n) is 3.78. The molecule has 1 aliphatic rings. The number of hydrogen-bond donors (Lipinski definition) is 0. The van der Waals surface area contributed by atoms with Gasteiger partial charge in [0.1, 0.15) is 6.33 Å². The molecule has 1 saturated heterocycles. The number of unbranched alkanes of at least 4 members (excludes halogenated alkanes) is 1. The van der Waals surface area contributed by atoms with Crippen molar-refractivity contribution in [1.29, 1.82) is 0 Å². The van der Waals surface area contributed by atoms with Gasteiger partial charge in [0.2, 0.25) is 0 Å². The van der Waals surface area contributed by atoms with E-state index in [0.29, 0.717) is 11.6 Å². The first-order valence-electron chi connectivity index (χ1n) is 7.33. The highest BCUT2D eigenvalue weighted by atomic mass is 16.4. The molecule has 1 fully saturated rings. The number of aromatic nitrogens is 3. The zero-order chi connectivity index (χ0) is 13.9. The fourth-order valence-corrected chi connectivity index (χ4v) is 2.64. The molecule has 0 atom stereocenters. The van der Waals surface area contributed by atoms with Crippen molar-refractivity contribution < 1.29 is 4.42 Å². The summed E-state index contributed by atoms with van der Waals surface area (Å²) in [6.45, 7) is 9.43. The van der Waals surface area contributed by atoms with Crippen LogP contribution in [0.4, 0.5) is 5.82 Å². The van der Waals surface area contributed by atoms with E-state index in [1.54, 1.807) is 6.33 Å². The maximum Gasteiger partial charge on any atom is 0.252 e. The number of oxazole rings is 1. The largest absolute Gasteiger partial charge is 0.422 e. The van der Waals surface area contributed by atoms with Crippen molar-refractivity contribution in [3.05, 3.63) is 12.2 Å². The standard InChI is InChI=1S/C14H21N5O/c1-3-4-5-18-6-8-19(9-7-18)13-12-14(16-10-15-13)20-11(2)17-12/h10H,3-9H2,1-2H3. The third kappa shape index (κ3) is 2.60. The fourth-order valence-electron chi connectivity index (χ4n) is 2.64. The number of anilines is 1. The van der Waals surface area contributed by atoms with E-state index in [4.69, 9.17) is 4.42 Å². The van der Waals surface area contributed by atoms with Crippen LogP contribution in [0.15, 0.2) is 10.7 Å². The lowest BCUT2D eigenvalue weighted by Gasteiger charge is -2.35. The van der Waals surface area contributed by atoms with Crippen LogP contribution >= 0.6 is 0 Å². The molecule has 0 bridgehead atoms. The second kappa shape index (κ2) is 5.75. The highest BCUT2D eigenvalue weighted by molar-refractivity contribution is 5.81. The number of hydrogen-bond acceptors (Lipinski definition) is 6. The molecule has 0 spiro atoms. The molecule has 108 valence electrons. The molecule has 0 aromatic carbocycles. The number of aryl methyl sites for hydroxylation is 1. The maximum absolute atomic E-state index is 5.47. The molecule has 0 saturated carbocycles. The van der Waals surface area contributed by atoms with Crippen molar-refractivity contribution in [3.63, 3.8) is 0 Å². The van der Waals surface area contributed by atoms with Gasteiger partial charge < -0.3 is 9.32 Å². The summed E-state index contributed by atoms with van der Waals surface area (Å²) in [5, 5.41) is 0. The van der Waals surface area contributed by atoms with E-state index in [0.717, 1.165) is 37.5 Å². The average molecular weight is 275 g/mol. The quantitative estimate of drug-likeness (QED) is 0.848. The van der Waals surface area contributed by atoms with Gasteiger partial charge in [0.15, 0.2) is 17.2 Å². The lowest BCUT2D eigenvalue weighted by Crippen LogP contribution is -2.47. The molecule has 0 aliphatic carbocycles. The molecule has 6 nitrogen and oxygen atoms in total. The Labute approximate surface area is 118 Å². The second-order valence-electron chi connectivity index (χ2n) is 5.27. The van der Waals surface area contributed by atoms with E-state index in [2.05, 4.69) is 31.7 Å². The van der Waals surface area contributed by atoms with Crippen LogP contribution in [-0.2, 0) is 0 Å². The van der Waals surface area contributed by atoms with Crippen LogP contribution in [0.5, 0.6) is 0 Å². The predicted octanol–water partition coefficient (Wildman–Crippen LogP) is 1.85. The number of piperazine rings is 1. The molecule has 2 aromatic heterocycles. The van der Waals surface area contributed by atoms with Gasteiger partial charge in [-0.2, -0.15) is 4.98 Å². The van der Waals surface area contributed by atoms with Crippen LogP contribution in [0.3, 0.4) is 0 Å². The van der Waals surface area contributed by atoms with Gasteiger partial charge in [-0.15, -0.1) is 0 Å². The summed E-state index contributed by atoms with van der Waals surface area (Å²) in [6.07, 6.45) is 4.09. The number of fused-ring (bicyclic) bond motifs is 1. The fraction of sp³-hybridized carbons (Fsp3) is 0.643. The smallest absolute Gasteiger partial charge is 0.252 e. The molecule has 0 amide bonds. The topological polar surface area (TPSA) is 58.3 Å². The summed E-state index contributed by atoms with van der Waals surface area (Å²) in [4.78, 5) is 17.8. The summed E-state index contributed by atoms with van der Waals surface area (Å²) >= 11 is 0. The Kier molecular flexibility index (Phi) is 3.82. The SMILES string of the molecule is CCCCN1CCN(c2ncnc3oc(C)nc23)CC1. The van der Waals surface area contributed by atoms with Gasteiger partial charge in [0, 0.05) is 33.1 Å². The summed E-state index contributed by atoms with van der Waals surface area (Å²) in [7, 11) is 0. The van der Waals surface area contributed by atoms with E-state index >= 15 is 0 Å². The predicted molar refractivity (Wildman–Crippen MR) is 77.9 cm³/mol. The molecule has 3 rings (SSSR count). The van der Waals surface area contributed by atoms with Gasteiger partial charge in [-0.05, 0) is 13.0 Å². The van der Waals surface area contributed by atoms with Crippen molar-refractivity contribution in [2.75, 3.05) is 37.6 Å². The van der Waals surface area contributed by atoms with Gasteiger partial charge >= 0.3 is 0 Å². The number of nitrogens with zero attached hydrogens (tertiary/aromatic N) is 5. The van der Waals surface area contributed by atoms with E-state index in [-0.39, 0.29) is 0 Å². The van der Waals surface area contributed by atoms with Gasteiger partial charge in [-0.25, -0.2) is 9.97 Å². The number of rotatable bonds is 4. The lowest BCUT2D eigenvalue weighted by atomic mass is 10.2. The Morgan fingerprint density at radius 1 is 1.20 bits per heavy atom. The highest BCUT2D eigenvalue weighted by Gasteiger charge is 2.21. The minimum absolute atomic E-state index is 0.584. The zero-order valence-corrected chi connectivity index (χ0v) is 12.2. The molecule has 0 N–H and O–H groups in total. The highest BCUT2D eigenvalue weighted by Crippen LogP contribution is 2.23. The molecule has 1 aliphatic heterocycles.